The van der Waals surface area contributed by atoms with Gasteiger partial charge in [0.15, 0.2) is 10.3 Å². The topological polar surface area (TPSA) is 116 Å². The van der Waals surface area contributed by atoms with Gasteiger partial charge in [-0.1, -0.05) is 48.9 Å². The summed E-state index contributed by atoms with van der Waals surface area (Å²) in [5.74, 6) is 0.761. The zero-order chi connectivity index (χ0) is 26.1. The van der Waals surface area contributed by atoms with Crippen molar-refractivity contribution in [2.45, 2.75) is 31.2 Å². The van der Waals surface area contributed by atoms with Gasteiger partial charge in [0.05, 0.1) is 16.8 Å². The van der Waals surface area contributed by atoms with E-state index in [1.807, 2.05) is 44.2 Å². The number of nitrogens with one attached hydrogen (secondary N) is 2. The van der Waals surface area contributed by atoms with Gasteiger partial charge in [0.2, 0.25) is 0 Å². The minimum Gasteiger partial charge on any atom is -0.611 e. The number of nitrogens with zero attached hydrogens (tertiary/aromatic N) is 3. The molecule has 0 amide bonds. The van der Waals surface area contributed by atoms with E-state index >= 15 is 0 Å². The van der Waals surface area contributed by atoms with Gasteiger partial charge in [0.1, 0.15) is 34.3 Å². The number of benzene rings is 2. The van der Waals surface area contributed by atoms with Gasteiger partial charge < -0.3 is 14.9 Å². The molecule has 3 heterocycles. The molecule has 0 saturated heterocycles. The lowest BCUT2D eigenvalue weighted by molar-refractivity contribution is 0.594. The Morgan fingerprint density at radius 1 is 1.08 bits per heavy atom. The van der Waals surface area contributed by atoms with Crippen molar-refractivity contribution < 1.29 is 4.55 Å². The Morgan fingerprint density at radius 3 is 2.62 bits per heavy atom. The lowest BCUT2D eigenvalue weighted by atomic mass is 10.1. The first-order chi connectivity index (χ1) is 17.9. The maximum atomic E-state index is 14.1. The predicted octanol–water partition coefficient (Wildman–Crippen LogP) is 4.97. The Bertz CT molecular complexity index is 1720. The Morgan fingerprint density at radius 2 is 1.86 bits per heavy atom. The second-order valence-electron chi connectivity index (χ2n) is 8.56. The molecule has 8 nitrogen and oxygen atoms in total. The summed E-state index contributed by atoms with van der Waals surface area (Å²) in [7, 11) is 0. The van der Waals surface area contributed by atoms with Crippen molar-refractivity contribution in [2.75, 3.05) is 11.1 Å². The van der Waals surface area contributed by atoms with Gasteiger partial charge in [0, 0.05) is 23.3 Å². The van der Waals surface area contributed by atoms with Crippen LogP contribution in [0.25, 0.3) is 27.5 Å². The van der Waals surface area contributed by atoms with Crippen LogP contribution in [0, 0.1) is 0 Å². The van der Waals surface area contributed by atoms with Crippen LogP contribution in [0.3, 0.4) is 0 Å². The first kappa shape index (κ1) is 25.0. The number of para-hydroxylation sites is 1. The van der Waals surface area contributed by atoms with Crippen LogP contribution in [0.2, 0.25) is 5.02 Å². The van der Waals surface area contributed by atoms with E-state index in [4.69, 9.17) is 11.6 Å². The lowest BCUT2D eigenvalue weighted by Crippen LogP contribution is -2.28. The summed E-state index contributed by atoms with van der Waals surface area (Å²) in [6, 6.07) is 15.3. The second-order valence-corrected chi connectivity index (χ2v) is 10.5. The van der Waals surface area contributed by atoms with E-state index in [1.54, 1.807) is 22.8 Å². The van der Waals surface area contributed by atoms with Crippen LogP contribution >= 0.6 is 11.6 Å². The highest BCUT2D eigenvalue weighted by Gasteiger charge is 2.26. The maximum absolute atomic E-state index is 14.1. The normalized spacial score (nSPS) is 13.1. The summed E-state index contributed by atoms with van der Waals surface area (Å²) in [6.07, 6.45) is 3.60. The average molecular weight is 534 g/mol. The summed E-state index contributed by atoms with van der Waals surface area (Å²) in [6.45, 7) is 3.79. The van der Waals surface area contributed by atoms with E-state index in [0.717, 1.165) is 0 Å². The van der Waals surface area contributed by atoms with Gasteiger partial charge in [-0.3, -0.25) is 14.2 Å². The zero-order valence-electron chi connectivity index (χ0n) is 20.2. The summed E-state index contributed by atoms with van der Waals surface area (Å²) in [4.78, 5) is 38.6. The van der Waals surface area contributed by atoms with E-state index in [1.165, 1.54) is 18.6 Å². The number of pyridine rings is 2. The summed E-state index contributed by atoms with van der Waals surface area (Å²) >= 11 is 5.68. The van der Waals surface area contributed by atoms with Gasteiger partial charge in [-0.2, -0.15) is 0 Å². The first-order valence-corrected chi connectivity index (χ1v) is 13.5. The Kier molecular flexibility index (Phi) is 7.01. The van der Waals surface area contributed by atoms with Crippen molar-refractivity contribution in [3.05, 3.63) is 98.4 Å². The third-order valence-corrected chi connectivity index (χ3v) is 8.11. The molecule has 0 bridgehead atoms. The molecule has 3 aromatic heterocycles. The number of hydrogen-bond donors (Lipinski definition) is 2. The van der Waals surface area contributed by atoms with Crippen LogP contribution in [-0.2, 0) is 11.2 Å². The highest BCUT2D eigenvalue weighted by Crippen LogP contribution is 2.35. The molecule has 0 aliphatic rings. The van der Waals surface area contributed by atoms with Crippen LogP contribution < -0.4 is 16.3 Å². The average Bonchev–Trinajstić information content (AvgIpc) is 2.91. The summed E-state index contributed by atoms with van der Waals surface area (Å²) in [5.41, 5.74) is 0.937. The predicted molar refractivity (Wildman–Crippen MR) is 148 cm³/mol. The van der Waals surface area contributed by atoms with E-state index in [-0.39, 0.29) is 11.0 Å². The number of aromatic amines is 1. The zero-order valence-corrected chi connectivity index (χ0v) is 21.8. The van der Waals surface area contributed by atoms with Crippen molar-refractivity contribution in [3.8, 4) is 5.69 Å². The maximum Gasteiger partial charge on any atom is 0.268 e. The van der Waals surface area contributed by atoms with Gasteiger partial charge in [0.25, 0.3) is 5.56 Å². The lowest BCUT2D eigenvalue weighted by Gasteiger charge is -2.24. The number of anilines is 1. The number of halogens is 1. The molecule has 37 heavy (non-hydrogen) atoms. The van der Waals surface area contributed by atoms with E-state index in [0.29, 0.717) is 61.1 Å². The fraction of sp³-hybridized carbons (Fsp3) is 0.185. The fourth-order valence-electron chi connectivity index (χ4n) is 4.49. The number of hydrogen-bond acceptors (Lipinski definition) is 6. The van der Waals surface area contributed by atoms with Gasteiger partial charge in [-0.05, 0) is 42.7 Å². The molecule has 188 valence electrons. The molecule has 5 aromatic rings. The Hall–Kier alpha value is -3.66. The molecule has 5 rings (SSSR count). The van der Waals surface area contributed by atoms with Crippen molar-refractivity contribution in [1.82, 2.24) is 19.5 Å². The second kappa shape index (κ2) is 10.4. The number of fused-ring (bicyclic) bond motifs is 2. The van der Waals surface area contributed by atoms with E-state index in [9.17, 15) is 14.1 Å². The Balaban J connectivity index is 1.77. The fourth-order valence-corrected chi connectivity index (χ4v) is 6.14. The van der Waals surface area contributed by atoms with Crippen molar-refractivity contribution in [2.24, 2.45) is 0 Å². The molecular formula is C27H24ClN5O3S. The molecule has 0 aliphatic heterocycles. The molecule has 10 heteroatoms. The van der Waals surface area contributed by atoms with Gasteiger partial charge >= 0.3 is 0 Å². The first-order valence-electron chi connectivity index (χ1n) is 11.8. The van der Waals surface area contributed by atoms with Gasteiger partial charge in [-0.15, -0.1) is 0 Å². The molecule has 0 spiro atoms. The largest absolute Gasteiger partial charge is 0.611 e. The smallest absolute Gasteiger partial charge is 0.268 e. The minimum atomic E-state index is -1.35. The van der Waals surface area contributed by atoms with Crippen LogP contribution in [0.5, 0.6) is 0 Å². The highest BCUT2D eigenvalue weighted by molar-refractivity contribution is 7.91. The number of rotatable bonds is 7. The summed E-state index contributed by atoms with van der Waals surface area (Å²) < 4.78 is 14.6. The SMILES string of the molecule is CCC[S@@+]([O-])c1cccc2c(Cl)c([C@H](C)Nc3ncnc4[nH]ccc(=O)c34)n(-c3ccccc3)c(=O)c12. The van der Waals surface area contributed by atoms with Crippen LogP contribution in [0.15, 0.2) is 81.6 Å². The molecule has 0 unspecified atom stereocenters. The minimum absolute atomic E-state index is 0.239. The molecule has 2 aromatic carbocycles. The molecule has 0 saturated carbocycles. The van der Waals surface area contributed by atoms with Crippen molar-refractivity contribution >= 4 is 50.4 Å². The number of H-pyrrole nitrogens is 1. The van der Waals surface area contributed by atoms with Crippen molar-refractivity contribution in [3.63, 3.8) is 0 Å². The van der Waals surface area contributed by atoms with Crippen LogP contribution in [0.4, 0.5) is 5.82 Å². The third-order valence-electron chi connectivity index (χ3n) is 6.11. The van der Waals surface area contributed by atoms with Gasteiger partial charge in [-0.25, -0.2) is 9.97 Å². The Labute approximate surface area is 220 Å². The quantitative estimate of drug-likeness (QED) is 0.285. The third kappa shape index (κ3) is 4.50. The van der Waals surface area contributed by atoms with Crippen LogP contribution in [0.1, 0.15) is 32.0 Å². The molecule has 2 atom stereocenters. The van der Waals surface area contributed by atoms with Crippen molar-refractivity contribution in [1.29, 1.82) is 0 Å². The number of aromatic nitrogens is 4. The summed E-state index contributed by atoms with van der Waals surface area (Å²) in [5, 5.41) is 4.78. The molecule has 2 N–H and O–H groups in total. The molecule has 0 fully saturated rings. The highest BCUT2D eigenvalue weighted by atomic mass is 35.5. The van der Waals surface area contributed by atoms with E-state index < -0.39 is 17.2 Å². The standard InChI is InChI=1S/C27H24ClN5O3S/c1-3-14-37(36)20-11-7-10-18-21(20)27(35)33(17-8-5-4-6-9-17)24(23(18)28)16(2)32-26-22-19(34)12-13-29-25(22)30-15-31-26/h4-13,15-16H,3,14H2,1-2H3,(H2,29,30,31,32,34)/t16-,37+/m0/s1. The van der Waals surface area contributed by atoms with E-state index in [2.05, 4.69) is 20.3 Å². The monoisotopic (exact) mass is 533 g/mol. The molecule has 0 radical (unpaired) electrons. The molecule has 0 aliphatic carbocycles. The van der Waals surface area contributed by atoms with Crippen LogP contribution in [-0.4, -0.2) is 29.8 Å². The molecular weight excluding hydrogens is 510 g/mol.